The Balaban J connectivity index is 0.000000261. The van der Waals surface area contributed by atoms with Gasteiger partial charge in [0.2, 0.25) is 11.8 Å². The number of anilines is 2. The largest absolute Gasteiger partial charge is 0.481 e. The third-order valence-electron chi connectivity index (χ3n) is 3.65. The van der Waals surface area contributed by atoms with Crippen LogP contribution in [0.5, 0.6) is 5.88 Å². The molecular formula is C19H21F2N5O2. The van der Waals surface area contributed by atoms with E-state index in [1.165, 1.54) is 22.9 Å². The van der Waals surface area contributed by atoms with Gasteiger partial charge in [0.15, 0.2) is 0 Å². The summed E-state index contributed by atoms with van der Waals surface area (Å²) in [7, 11) is 3.28. The fourth-order valence-corrected chi connectivity index (χ4v) is 2.20. The second-order valence-electron chi connectivity index (χ2n) is 5.85. The number of aromatic nitrogens is 4. The van der Waals surface area contributed by atoms with Gasteiger partial charge >= 0.3 is 0 Å². The number of rotatable bonds is 3. The molecule has 0 amide bonds. The number of allylic oxidation sites excluding steroid dienone is 6. The van der Waals surface area contributed by atoms with E-state index >= 15 is 0 Å². The van der Waals surface area contributed by atoms with Crippen LogP contribution >= 0.6 is 0 Å². The summed E-state index contributed by atoms with van der Waals surface area (Å²) in [6.07, 6.45) is 6.16. The summed E-state index contributed by atoms with van der Waals surface area (Å²) < 4.78 is 31.1. The van der Waals surface area contributed by atoms with Gasteiger partial charge in [-0.1, -0.05) is 6.08 Å². The van der Waals surface area contributed by atoms with Crippen molar-refractivity contribution in [2.45, 2.75) is 20.0 Å². The summed E-state index contributed by atoms with van der Waals surface area (Å²) in [5.41, 5.74) is 2.01. The Morgan fingerprint density at radius 2 is 2.00 bits per heavy atom. The van der Waals surface area contributed by atoms with Crippen molar-refractivity contribution in [2.75, 3.05) is 12.4 Å². The summed E-state index contributed by atoms with van der Waals surface area (Å²) in [4.78, 5) is 19.4. The van der Waals surface area contributed by atoms with Crippen molar-refractivity contribution < 1.29 is 13.5 Å². The normalized spacial score (nSPS) is 15.2. The molecule has 28 heavy (non-hydrogen) atoms. The smallest absolute Gasteiger partial charge is 0.293 e. The van der Waals surface area contributed by atoms with Crippen molar-refractivity contribution in [3.05, 3.63) is 70.1 Å². The number of hydrogen-bond donors (Lipinski definition) is 1. The van der Waals surface area contributed by atoms with Crippen molar-refractivity contribution in [2.24, 2.45) is 7.05 Å². The highest BCUT2D eigenvalue weighted by molar-refractivity contribution is 5.58. The van der Waals surface area contributed by atoms with E-state index in [1.807, 2.05) is 19.9 Å². The van der Waals surface area contributed by atoms with E-state index in [9.17, 15) is 13.6 Å². The minimum absolute atomic E-state index is 0.363. The number of alkyl halides is 1. The highest BCUT2D eigenvalue weighted by Crippen LogP contribution is 2.23. The average Bonchev–Trinajstić information content (AvgIpc) is 2.85. The lowest BCUT2D eigenvalue weighted by atomic mass is 10.2. The van der Waals surface area contributed by atoms with Gasteiger partial charge in [0, 0.05) is 12.6 Å². The van der Waals surface area contributed by atoms with Gasteiger partial charge in [0.05, 0.1) is 18.5 Å². The Kier molecular flexibility index (Phi) is 7.14. The third kappa shape index (κ3) is 5.83. The van der Waals surface area contributed by atoms with Crippen LogP contribution < -0.4 is 15.6 Å². The molecule has 0 aliphatic heterocycles. The van der Waals surface area contributed by atoms with Crippen molar-refractivity contribution in [1.29, 1.82) is 0 Å². The zero-order chi connectivity index (χ0) is 20.7. The predicted octanol–water partition coefficient (Wildman–Crippen LogP) is 3.24. The summed E-state index contributed by atoms with van der Waals surface area (Å²) in [5.74, 6) is 0.532. The number of aryl methyl sites for hydroxylation is 3. The molecule has 2 aromatic rings. The molecule has 0 saturated carbocycles. The predicted molar refractivity (Wildman–Crippen MR) is 103 cm³/mol. The van der Waals surface area contributed by atoms with E-state index in [2.05, 4.69) is 20.4 Å². The van der Waals surface area contributed by atoms with Crippen LogP contribution in [0, 0.1) is 13.8 Å². The molecule has 148 valence electrons. The first kappa shape index (κ1) is 20.9. The highest BCUT2D eigenvalue weighted by atomic mass is 19.1. The Morgan fingerprint density at radius 1 is 1.25 bits per heavy atom. The van der Waals surface area contributed by atoms with Crippen LogP contribution in [0.2, 0.25) is 0 Å². The van der Waals surface area contributed by atoms with E-state index in [0.29, 0.717) is 11.8 Å². The van der Waals surface area contributed by atoms with Gasteiger partial charge in [0.25, 0.3) is 5.56 Å². The molecule has 3 rings (SSSR count). The molecule has 1 aliphatic carbocycles. The molecular weight excluding hydrogens is 368 g/mol. The average molecular weight is 389 g/mol. The second kappa shape index (κ2) is 9.54. The maximum atomic E-state index is 12.2. The molecule has 0 bridgehead atoms. The van der Waals surface area contributed by atoms with Crippen LogP contribution in [0.3, 0.4) is 0 Å². The minimum atomic E-state index is -1.14. The van der Waals surface area contributed by atoms with Crippen LogP contribution in [0.25, 0.3) is 0 Å². The first-order valence-corrected chi connectivity index (χ1v) is 8.36. The van der Waals surface area contributed by atoms with Crippen LogP contribution in [0.4, 0.5) is 20.4 Å². The van der Waals surface area contributed by atoms with Gasteiger partial charge in [0.1, 0.15) is 18.2 Å². The lowest BCUT2D eigenvalue weighted by molar-refractivity contribution is 0.394. The number of pyridine rings is 1. The Hall–Kier alpha value is -3.36. The summed E-state index contributed by atoms with van der Waals surface area (Å²) in [6.45, 7) is 3.74. The minimum Gasteiger partial charge on any atom is -0.481 e. The Labute approximate surface area is 161 Å². The monoisotopic (exact) mass is 389 g/mol. The molecule has 2 aromatic heterocycles. The molecule has 0 fully saturated rings. The van der Waals surface area contributed by atoms with Crippen molar-refractivity contribution in [3.63, 3.8) is 0 Å². The highest BCUT2D eigenvalue weighted by Gasteiger charge is 2.09. The number of methoxy groups -OCH3 is 1. The first-order valence-electron chi connectivity index (χ1n) is 8.36. The van der Waals surface area contributed by atoms with Gasteiger partial charge in [-0.2, -0.15) is 10.1 Å². The molecule has 2 heterocycles. The fourth-order valence-electron chi connectivity index (χ4n) is 2.20. The van der Waals surface area contributed by atoms with E-state index in [4.69, 9.17) is 4.74 Å². The lowest BCUT2D eigenvalue weighted by Gasteiger charge is -2.12. The van der Waals surface area contributed by atoms with Crippen LogP contribution in [-0.2, 0) is 7.05 Å². The molecule has 0 spiro atoms. The quantitative estimate of drug-likeness (QED) is 0.868. The summed E-state index contributed by atoms with van der Waals surface area (Å²) in [5, 5.41) is 6.94. The Bertz CT molecular complexity index is 983. The number of halogens is 2. The van der Waals surface area contributed by atoms with Crippen molar-refractivity contribution in [3.8, 4) is 5.88 Å². The van der Waals surface area contributed by atoms with Crippen LogP contribution in [0.15, 0.2) is 53.3 Å². The molecule has 1 N–H and O–H groups in total. The first-order chi connectivity index (χ1) is 13.3. The van der Waals surface area contributed by atoms with Gasteiger partial charge < -0.3 is 10.1 Å². The van der Waals surface area contributed by atoms with E-state index in [1.54, 1.807) is 14.2 Å². The van der Waals surface area contributed by atoms with E-state index in [0.717, 1.165) is 35.3 Å². The van der Waals surface area contributed by atoms with Crippen LogP contribution in [-0.4, -0.2) is 33.0 Å². The Morgan fingerprint density at radius 3 is 2.71 bits per heavy atom. The summed E-state index contributed by atoms with van der Waals surface area (Å²) in [6, 6.07) is 1.89. The second-order valence-corrected chi connectivity index (χ2v) is 5.85. The standard InChI is InChI=1S/C12H15N5O2.C7H6F2/c1-7-5-9(8(2)14-11(7)19-4)15-12-16-10(18)6-13-17(12)3;8-6-2-1-3-7(9)5-4-6/h5-6H,1-4H3,(H,15,16,18);1-6H. The van der Waals surface area contributed by atoms with Gasteiger partial charge in [-0.25, -0.2) is 18.4 Å². The number of hydrogen-bond acceptors (Lipinski definition) is 6. The number of nitrogens with one attached hydrogen (secondary N) is 1. The maximum absolute atomic E-state index is 12.2. The van der Waals surface area contributed by atoms with Gasteiger partial charge in [-0.3, -0.25) is 4.79 Å². The third-order valence-corrected chi connectivity index (χ3v) is 3.65. The zero-order valence-corrected chi connectivity index (χ0v) is 16.0. The molecule has 0 aromatic carbocycles. The molecule has 7 nitrogen and oxygen atoms in total. The summed E-state index contributed by atoms with van der Waals surface area (Å²) >= 11 is 0. The van der Waals surface area contributed by atoms with E-state index < -0.39 is 17.6 Å². The lowest BCUT2D eigenvalue weighted by Crippen LogP contribution is -2.16. The molecule has 9 heteroatoms. The molecule has 1 aliphatic rings. The van der Waals surface area contributed by atoms with Crippen molar-refractivity contribution >= 4 is 11.6 Å². The molecule has 0 radical (unpaired) electrons. The SMILES string of the molecule is COc1nc(C)c(Nc2nc(=O)cnn2C)cc1C.FC1=CC=CC(F)C=C1. The maximum Gasteiger partial charge on any atom is 0.293 e. The number of ether oxygens (including phenoxy) is 1. The van der Waals surface area contributed by atoms with Gasteiger partial charge in [-0.05, 0) is 44.2 Å². The molecule has 1 atom stereocenters. The zero-order valence-electron chi connectivity index (χ0n) is 16.0. The van der Waals surface area contributed by atoms with Crippen LogP contribution in [0.1, 0.15) is 11.3 Å². The fraction of sp³-hybridized carbons (Fsp3) is 0.263. The van der Waals surface area contributed by atoms with E-state index in [-0.39, 0.29) is 0 Å². The number of nitrogens with zero attached hydrogens (tertiary/aromatic N) is 4. The molecule has 0 saturated heterocycles. The van der Waals surface area contributed by atoms with Crippen molar-refractivity contribution in [1.82, 2.24) is 19.7 Å². The molecule has 1 unspecified atom stereocenters. The van der Waals surface area contributed by atoms with Gasteiger partial charge in [-0.15, -0.1) is 0 Å². The topological polar surface area (TPSA) is 81.9 Å².